The molecule has 2 heterocycles. The van der Waals surface area contributed by atoms with Gasteiger partial charge in [0.05, 0.1) is 23.8 Å². The van der Waals surface area contributed by atoms with Crippen LogP contribution in [-0.4, -0.2) is 0 Å². The van der Waals surface area contributed by atoms with Gasteiger partial charge in [-0.15, -0.1) is 0 Å². The average Bonchev–Trinajstić information content (AvgIpc) is 3.83. The summed E-state index contributed by atoms with van der Waals surface area (Å²) >= 11 is 0. The molecule has 9 heteroatoms. The Hall–Kier alpha value is -8.53. The highest BCUT2D eigenvalue weighted by Gasteiger charge is 2.30. The molecule has 6 nitrogen and oxygen atoms in total. The minimum Gasteiger partial charge on any atom is -0.456 e. The molecule has 0 unspecified atom stereocenters. The maximum Gasteiger partial charge on any atom is 0.416 e. The number of nitrogens with zero attached hydrogens (tertiary/aromatic N) is 4. The van der Waals surface area contributed by atoms with Gasteiger partial charge in [0.1, 0.15) is 22.3 Å². The first-order chi connectivity index (χ1) is 30.6. The van der Waals surface area contributed by atoms with E-state index in [9.17, 15) is 18.4 Å². The van der Waals surface area contributed by atoms with Crippen molar-refractivity contribution in [3.63, 3.8) is 0 Å². The van der Waals surface area contributed by atoms with E-state index in [1.54, 1.807) is 24.3 Å². The van der Waals surface area contributed by atoms with E-state index in [4.69, 9.17) is 15.4 Å². The maximum absolute atomic E-state index is 13.5. The summed E-state index contributed by atoms with van der Waals surface area (Å²) in [6.45, 7) is 9.49. The lowest BCUT2D eigenvalue weighted by atomic mass is 10.0. The average molecular weight is 825 g/mol. The van der Waals surface area contributed by atoms with Gasteiger partial charge in [0.15, 0.2) is 5.69 Å². The number of aryl methyl sites for hydroxylation is 1. The summed E-state index contributed by atoms with van der Waals surface area (Å²) in [5.41, 5.74) is 9.20. The van der Waals surface area contributed by atoms with Crippen LogP contribution >= 0.6 is 0 Å². The molecule has 11 aromatic rings. The van der Waals surface area contributed by atoms with E-state index in [2.05, 4.69) is 89.5 Å². The van der Waals surface area contributed by atoms with Gasteiger partial charge >= 0.3 is 6.18 Å². The van der Waals surface area contributed by atoms with Crippen LogP contribution in [0, 0.1) is 24.8 Å². The van der Waals surface area contributed by atoms with Crippen molar-refractivity contribution in [2.45, 2.75) is 13.1 Å². The van der Waals surface area contributed by atoms with Gasteiger partial charge in [-0.3, -0.25) is 0 Å². The first-order valence-corrected chi connectivity index (χ1v) is 20.1. The number of halogens is 3. The SMILES string of the molecule is [C-]#[N+]c1ccc(N(c2ccc(C)cc2)c2ccc3cc4c(cc3c2)oc2cc3oc5cc6cc(N(c7ccc(C#N)cc7)c7ccc(C(F)(F)F)cc7)ccc6cc5c3cc24)cc1. The molecule has 0 fully saturated rings. The molecule has 0 saturated heterocycles. The number of rotatable bonds is 6. The number of anilines is 6. The van der Waals surface area contributed by atoms with Crippen LogP contribution in [0.3, 0.4) is 0 Å². The Balaban J connectivity index is 0.985. The molecule has 0 bridgehead atoms. The predicted molar refractivity (Wildman–Crippen MR) is 246 cm³/mol. The van der Waals surface area contributed by atoms with Crippen molar-refractivity contribution in [1.29, 1.82) is 5.26 Å². The first kappa shape index (κ1) is 37.5. The largest absolute Gasteiger partial charge is 0.456 e. The van der Waals surface area contributed by atoms with Crippen molar-refractivity contribution in [1.82, 2.24) is 0 Å². The number of hydrogen-bond acceptors (Lipinski definition) is 5. The second kappa shape index (κ2) is 14.3. The molecule has 11 rings (SSSR count). The van der Waals surface area contributed by atoms with Crippen LogP contribution in [0.2, 0.25) is 0 Å². The molecular weight excluding hydrogens is 794 g/mol. The minimum atomic E-state index is -4.46. The van der Waals surface area contributed by atoms with Crippen LogP contribution in [-0.2, 0) is 6.18 Å². The standard InChI is InChI=1S/C54H31F3N4O2/c1-32-3-13-40(14-4-32)60(43-21-11-39(59-2)12-22-43)44-17-7-34-25-46-48-29-49-47-26-35-8-18-45(24-37(35)28-51(47)63-53(49)30-52(48)62-50(46)27-36(34)23-44)61(41-15-5-33(31-58)6-16-41)42-19-9-38(10-20-42)54(55,56)57/h3-30H,1H3. The fraction of sp³-hybridized carbons (Fsp3) is 0.0370. The molecular formula is C54H31F3N4O2. The van der Waals surface area contributed by atoms with Crippen LogP contribution in [0.15, 0.2) is 179 Å². The van der Waals surface area contributed by atoms with Gasteiger partial charge in [-0.25, -0.2) is 4.85 Å². The lowest BCUT2D eigenvalue weighted by molar-refractivity contribution is -0.137. The second-order valence-corrected chi connectivity index (χ2v) is 15.6. The summed E-state index contributed by atoms with van der Waals surface area (Å²) in [6.07, 6.45) is -4.46. The molecule has 9 aromatic carbocycles. The summed E-state index contributed by atoms with van der Waals surface area (Å²) in [4.78, 5) is 7.63. The minimum absolute atomic E-state index is 0.474. The zero-order valence-electron chi connectivity index (χ0n) is 33.4. The van der Waals surface area contributed by atoms with Gasteiger partial charge in [0.2, 0.25) is 0 Å². The van der Waals surface area contributed by atoms with Crippen molar-refractivity contribution in [3.05, 3.63) is 198 Å². The van der Waals surface area contributed by atoms with Crippen LogP contribution in [0.25, 0.3) is 70.3 Å². The Morgan fingerprint density at radius 3 is 1.35 bits per heavy atom. The molecule has 0 aliphatic rings. The topological polar surface area (TPSA) is 60.9 Å². The van der Waals surface area contributed by atoms with Crippen molar-refractivity contribution in [2.24, 2.45) is 0 Å². The molecule has 2 aromatic heterocycles. The third kappa shape index (κ3) is 6.51. The highest BCUT2D eigenvalue weighted by atomic mass is 19.4. The summed E-state index contributed by atoms with van der Waals surface area (Å²) < 4.78 is 53.5. The lowest BCUT2D eigenvalue weighted by Crippen LogP contribution is -2.11. The zero-order chi connectivity index (χ0) is 43.0. The Morgan fingerprint density at radius 1 is 0.476 bits per heavy atom. The van der Waals surface area contributed by atoms with E-state index in [0.717, 1.165) is 83.6 Å². The molecule has 0 aliphatic carbocycles. The van der Waals surface area contributed by atoms with Gasteiger partial charge < -0.3 is 18.6 Å². The number of furan rings is 2. The highest BCUT2D eigenvalue weighted by molar-refractivity contribution is 6.18. The molecule has 0 aliphatic heterocycles. The van der Waals surface area contributed by atoms with E-state index in [1.165, 1.54) is 17.7 Å². The fourth-order valence-electron chi connectivity index (χ4n) is 8.53. The Kier molecular flexibility index (Phi) is 8.50. The number of alkyl halides is 3. The number of fused-ring (bicyclic) bond motifs is 8. The van der Waals surface area contributed by atoms with E-state index in [1.807, 2.05) is 59.5 Å². The summed E-state index contributed by atoms with van der Waals surface area (Å²) in [5, 5.41) is 17.2. The molecule has 63 heavy (non-hydrogen) atoms. The molecule has 300 valence electrons. The summed E-state index contributed by atoms with van der Waals surface area (Å²) in [5.74, 6) is 0. The number of benzene rings is 9. The van der Waals surface area contributed by atoms with Crippen LogP contribution < -0.4 is 9.80 Å². The summed E-state index contributed by atoms with van der Waals surface area (Å²) in [6, 6.07) is 54.9. The van der Waals surface area contributed by atoms with Crippen molar-refractivity contribution < 1.29 is 22.0 Å². The zero-order valence-corrected chi connectivity index (χ0v) is 33.4. The number of hydrogen-bond donors (Lipinski definition) is 0. The van der Waals surface area contributed by atoms with Gasteiger partial charge in [-0.2, -0.15) is 18.4 Å². The Morgan fingerprint density at radius 2 is 0.889 bits per heavy atom. The van der Waals surface area contributed by atoms with Crippen LogP contribution in [0.1, 0.15) is 16.7 Å². The molecule has 0 atom stereocenters. The molecule has 0 spiro atoms. The molecule has 0 radical (unpaired) electrons. The van der Waals surface area contributed by atoms with Crippen LogP contribution in [0.4, 0.5) is 53.0 Å². The van der Waals surface area contributed by atoms with Crippen LogP contribution in [0.5, 0.6) is 0 Å². The molecule has 0 amide bonds. The van der Waals surface area contributed by atoms with E-state index in [-0.39, 0.29) is 0 Å². The van der Waals surface area contributed by atoms with Crippen molar-refractivity contribution in [3.8, 4) is 6.07 Å². The Labute approximate surface area is 358 Å². The van der Waals surface area contributed by atoms with Crippen molar-refractivity contribution >= 4 is 105 Å². The maximum atomic E-state index is 13.5. The predicted octanol–water partition coefficient (Wildman–Crippen LogP) is 16.5. The molecule has 0 N–H and O–H groups in total. The summed E-state index contributed by atoms with van der Waals surface area (Å²) in [7, 11) is 0. The third-order valence-corrected chi connectivity index (χ3v) is 11.7. The monoisotopic (exact) mass is 824 g/mol. The quantitative estimate of drug-likeness (QED) is 0.156. The Bertz CT molecular complexity index is 3690. The van der Waals surface area contributed by atoms with Gasteiger partial charge in [0, 0.05) is 61.7 Å². The smallest absolute Gasteiger partial charge is 0.416 e. The van der Waals surface area contributed by atoms with Gasteiger partial charge in [-0.1, -0.05) is 42.0 Å². The van der Waals surface area contributed by atoms with Gasteiger partial charge in [0.25, 0.3) is 0 Å². The lowest BCUT2D eigenvalue weighted by Gasteiger charge is -2.26. The third-order valence-electron chi connectivity index (χ3n) is 11.7. The normalized spacial score (nSPS) is 11.8. The highest BCUT2D eigenvalue weighted by Crippen LogP contribution is 2.43. The van der Waals surface area contributed by atoms with E-state index in [0.29, 0.717) is 39.4 Å². The van der Waals surface area contributed by atoms with E-state index < -0.39 is 11.7 Å². The fourth-order valence-corrected chi connectivity index (χ4v) is 8.53. The van der Waals surface area contributed by atoms with Gasteiger partial charge in [-0.05, 0) is 156 Å². The van der Waals surface area contributed by atoms with Crippen molar-refractivity contribution in [2.75, 3.05) is 9.80 Å². The molecule has 0 saturated carbocycles. The first-order valence-electron chi connectivity index (χ1n) is 20.1. The van der Waals surface area contributed by atoms with E-state index >= 15 is 0 Å². The number of nitriles is 1. The second-order valence-electron chi connectivity index (χ2n) is 15.6.